The SMILES string of the molecule is Cc1cc(C#N)ccc1COc1cccc(C)c1N. The number of nitrogen functional groups attached to an aromatic ring is 1. The fraction of sp³-hybridized carbons (Fsp3) is 0.188. The zero-order valence-corrected chi connectivity index (χ0v) is 11.1. The molecule has 3 heteroatoms. The first kappa shape index (κ1) is 13.0. The Morgan fingerprint density at radius 3 is 2.63 bits per heavy atom. The second-order valence-corrected chi connectivity index (χ2v) is 4.53. The summed E-state index contributed by atoms with van der Waals surface area (Å²) in [5, 5.41) is 8.83. The molecule has 2 aromatic carbocycles. The lowest BCUT2D eigenvalue weighted by Gasteiger charge is -2.12. The number of benzene rings is 2. The van der Waals surface area contributed by atoms with Crippen LogP contribution in [0.25, 0.3) is 0 Å². The third kappa shape index (κ3) is 2.86. The first-order valence-corrected chi connectivity index (χ1v) is 6.09. The van der Waals surface area contributed by atoms with E-state index in [0.29, 0.717) is 23.6 Å². The van der Waals surface area contributed by atoms with Gasteiger partial charge in [0.15, 0.2) is 0 Å². The Kier molecular flexibility index (Phi) is 3.72. The number of hydrogen-bond acceptors (Lipinski definition) is 3. The summed E-state index contributed by atoms with van der Waals surface area (Å²) in [4.78, 5) is 0. The van der Waals surface area contributed by atoms with E-state index in [0.717, 1.165) is 16.7 Å². The van der Waals surface area contributed by atoms with Crippen molar-refractivity contribution in [3.63, 3.8) is 0 Å². The fourth-order valence-electron chi connectivity index (χ4n) is 1.86. The Labute approximate surface area is 113 Å². The average Bonchev–Trinajstić information content (AvgIpc) is 2.41. The van der Waals surface area contributed by atoms with Crippen LogP contribution in [0.15, 0.2) is 36.4 Å². The minimum atomic E-state index is 0.450. The standard InChI is InChI=1S/C16H16N2O/c1-11-4-3-5-15(16(11)18)19-10-14-7-6-13(9-17)8-12(14)2/h3-8H,10,18H2,1-2H3. The summed E-state index contributed by atoms with van der Waals surface area (Å²) in [7, 11) is 0. The molecule has 0 aliphatic carbocycles. The van der Waals surface area contributed by atoms with Crippen molar-refractivity contribution in [2.45, 2.75) is 20.5 Å². The molecule has 0 fully saturated rings. The highest BCUT2D eigenvalue weighted by Crippen LogP contribution is 2.25. The summed E-state index contributed by atoms with van der Waals surface area (Å²) in [6, 6.07) is 13.4. The van der Waals surface area contributed by atoms with Crippen LogP contribution >= 0.6 is 0 Å². The second-order valence-electron chi connectivity index (χ2n) is 4.53. The van der Waals surface area contributed by atoms with Gasteiger partial charge in [-0.25, -0.2) is 0 Å². The maximum absolute atomic E-state index is 8.83. The Morgan fingerprint density at radius 1 is 1.16 bits per heavy atom. The zero-order valence-electron chi connectivity index (χ0n) is 11.1. The number of rotatable bonds is 3. The van der Waals surface area contributed by atoms with E-state index in [9.17, 15) is 0 Å². The van der Waals surface area contributed by atoms with Crippen LogP contribution in [0.2, 0.25) is 0 Å². The number of anilines is 1. The van der Waals surface area contributed by atoms with Crippen molar-refractivity contribution in [3.8, 4) is 11.8 Å². The third-order valence-electron chi connectivity index (χ3n) is 3.14. The van der Waals surface area contributed by atoms with Crippen LogP contribution < -0.4 is 10.5 Å². The highest BCUT2D eigenvalue weighted by Gasteiger charge is 2.05. The van der Waals surface area contributed by atoms with E-state index in [1.807, 2.05) is 44.2 Å². The summed E-state index contributed by atoms with van der Waals surface area (Å²) in [6.07, 6.45) is 0. The molecule has 2 aromatic rings. The molecule has 2 N–H and O–H groups in total. The zero-order chi connectivity index (χ0) is 13.8. The summed E-state index contributed by atoms with van der Waals surface area (Å²) in [5.74, 6) is 0.698. The molecule has 96 valence electrons. The fourth-order valence-corrected chi connectivity index (χ4v) is 1.86. The Balaban J connectivity index is 2.15. The lowest BCUT2D eigenvalue weighted by atomic mass is 10.1. The van der Waals surface area contributed by atoms with Gasteiger partial charge in [0.2, 0.25) is 0 Å². The second kappa shape index (κ2) is 5.45. The Bertz CT molecular complexity index is 642. The van der Waals surface area contributed by atoms with Gasteiger partial charge in [0.25, 0.3) is 0 Å². The molecule has 0 aliphatic heterocycles. The molecule has 0 amide bonds. The number of hydrogen-bond donors (Lipinski definition) is 1. The average molecular weight is 252 g/mol. The van der Waals surface area contributed by atoms with Gasteiger partial charge in [0.1, 0.15) is 12.4 Å². The predicted molar refractivity (Wildman–Crippen MR) is 75.8 cm³/mol. The van der Waals surface area contributed by atoms with Crippen molar-refractivity contribution in [1.82, 2.24) is 0 Å². The summed E-state index contributed by atoms with van der Waals surface area (Å²) >= 11 is 0. The van der Waals surface area contributed by atoms with Gasteiger partial charge < -0.3 is 10.5 Å². The smallest absolute Gasteiger partial charge is 0.142 e. The predicted octanol–water partition coefficient (Wildman–Crippen LogP) is 3.34. The molecule has 0 unspecified atom stereocenters. The van der Waals surface area contributed by atoms with E-state index in [-0.39, 0.29) is 0 Å². The molecule has 19 heavy (non-hydrogen) atoms. The molecular formula is C16H16N2O. The molecule has 0 aliphatic rings. The van der Waals surface area contributed by atoms with E-state index in [1.165, 1.54) is 0 Å². The summed E-state index contributed by atoms with van der Waals surface area (Å²) < 4.78 is 5.75. The van der Waals surface area contributed by atoms with Crippen LogP contribution in [0.1, 0.15) is 22.3 Å². The van der Waals surface area contributed by atoms with E-state index in [2.05, 4.69) is 6.07 Å². The van der Waals surface area contributed by atoms with Gasteiger partial charge in [-0.3, -0.25) is 0 Å². The van der Waals surface area contributed by atoms with Crippen molar-refractivity contribution >= 4 is 5.69 Å². The quantitative estimate of drug-likeness (QED) is 0.852. The van der Waals surface area contributed by atoms with Gasteiger partial charge in [0, 0.05) is 0 Å². The van der Waals surface area contributed by atoms with Gasteiger partial charge in [-0.15, -0.1) is 0 Å². The Morgan fingerprint density at radius 2 is 1.95 bits per heavy atom. The van der Waals surface area contributed by atoms with Crippen molar-refractivity contribution in [2.75, 3.05) is 5.73 Å². The van der Waals surface area contributed by atoms with E-state index >= 15 is 0 Å². The normalized spacial score (nSPS) is 9.95. The molecule has 0 aromatic heterocycles. The summed E-state index contributed by atoms with van der Waals surface area (Å²) in [6.45, 7) is 4.37. The lowest BCUT2D eigenvalue weighted by Crippen LogP contribution is -2.01. The molecular weight excluding hydrogens is 236 g/mol. The number of nitrogens with two attached hydrogens (primary N) is 1. The lowest BCUT2D eigenvalue weighted by molar-refractivity contribution is 0.307. The van der Waals surface area contributed by atoms with Crippen LogP contribution in [0, 0.1) is 25.2 Å². The minimum absolute atomic E-state index is 0.450. The number of para-hydroxylation sites is 1. The van der Waals surface area contributed by atoms with Gasteiger partial charge in [-0.05, 0) is 48.7 Å². The maximum Gasteiger partial charge on any atom is 0.142 e. The highest BCUT2D eigenvalue weighted by atomic mass is 16.5. The van der Waals surface area contributed by atoms with Crippen molar-refractivity contribution in [3.05, 3.63) is 58.7 Å². The monoisotopic (exact) mass is 252 g/mol. The van der Waals surface area contributed by atoms with Gasteiger partial charge in [-0.2, -0.15) is 5.26 Å². The number of ether oxygens (including phenoxy) is 1. The van der Waals surface area contributed by atoms with Crippen LogP contribution in [-0.2, 0) is 6.61 Å². The maximum atomic E-state index is 8.83. The summed E-state index contributed by atoms with van der Waals surface area (Å²) in [5.41, 5.74) is 10.4. The van der Waals surface area contributed by atoms with Crippen LogP contribution in [0.4, 0.5) is 5.69 Å². The van der Waals surface area contributed by atoms with Crippen molar-refractivity contribution in [2.24, 2.45) is 0 Å². The minimum Gasteiger partial charge on any atom is -0.487 e. The van der Waals surface area contributed by atoms with E-state index < -0.39 is 0 Å². The van der Waals surface area contributed by atoms with Crippen molar-refractivity contribution in [1.29, 1.82) is 5.26 Å². The van der Waals surface area contributed by atoms with Crippen LogP contribution in [-0.4, -0.2) is 0 Å². The van der Waals surface area contributed by atoms with Crippen molar-refractivity contribution < 1.29 is 4.74 Å². The molecule has 0 saturated heterocycles. The van der Waals surface area contributed by atoms with E-state index in [1.54, 1.807) is 6.07 Å². The van der Waals surface area contributed by atoms with Gasteiger partial charge in [0.05, 0.1) is 17.3 Å². The molecule has 0 saturated carbocycles. The number of nitrogens with zero attached hydrogens (tertiary/aromatic N) is 1. The number of aryl methyl sites for hydroxylation is 2. The van der Waals surface area contributed by atoms with Crippen LogP contribution in [0.3, 0.4) is 0 Å². The first-order valence-electron chi connectivity index (χ1n) is 6.09. The van der Waals surface area contributed by atoms with Gasteiger partial charge >= 0.3 is 0 Å². The van der Waals surface area contributed by atoms with Crippen LogP contribution in [0.5, 0.6) is 5.75 Å². The molecule has 2 rings (SSSR count). The largest absolute Gasteiger partial charge is 0.487 e. The molecule has 0 radical (unpaired) electrons. The highest BCUT2D eigenvalue weighted by molar-refractivity contribution is 5.57. The molecule has 3 nitrogen and oxygen atoms in total. The molecule has 0 atom stereocenters. The first-order chi connectivity index (χ1) is 9.11. The molecule has 0 heterocycles. The number of nitriles is 1. The molecule has 0 spiro atoms. The van der Waals surface area contributed by atoms with Gasteiger partial charge in [-0.1, -0.05) is 18.2 Å². The Hall–Kier alpha value is -2.47. The third-order valence-corrected chi connectivity index (χ3v) is 3.14. The topological polar surface area (TPSA) is 59.0 Å². The molecule has 0 bridgehead atoms. The van der Waals surface area contributed by atoms with E-state index in [4.69, 9.17) is 15.7 Å².